The number of likely N-dealkylation sites (tertiary alicyclic amines) is 1. The van der Waals surface area contributed by atoms with E-state index in [-0.39, 0.29) is 11.9 Å². The predicted molar refractivity (Wildman–Crippen MR) is 117 cm³/mol. The second-order valence-electron chi connectivity index (χ2n) is 7.82. The minimum atomic E-state index is -0.159. The van der Waals surface area contributed by atoms with E-state index in [4.69, 9.17) is 9.72 Å². The van der Waals surface area contributed by atoms with E-state index >= 15 is 0 Å². The second kappa shape index (κ2) is 8.79. The van der Waals surface area contributed by atoms with Crippen molar-refractivity contribution in [2.75, 3.05) is 32.6 Å². The van der Waals surface area contributed by atoms with Crippen LogP contribution in [0.4, 0.5) is 10.3 Å². The lowest BCUT2D eigenvalue weighted by Gasteiger charge is -2.27. The number of nitrogens with zero attached hydrogens (tertiary/aromatic N) is 4. The highest BCUT2D eigenvalue weighted by Gasteiger charge is 2.30. The maximum atomic E-state index is 14.3. The molecule has 0 bridgehead atoms. The molecule has 0 N–H and O–H groups in total. The van der Waals surface area contributed by atoms with Crippen LogP contribution in [0, 0.1) is 5.82 Å². The van der Waals surface area contributed by atoms with Crippen LogP contribution in [0.1, 0.15) is 30.1 Å². The highest BCUT2D eigenvalue weighted by molar-refractivity contribution is 5.68. The van der Waals surface area contributed by atoms with Crippen LogP contribution in [0.5, 0.6) is 5.75 Å². The summed E-state index contributed by atoms with van der Waals surface area (Å²) in [5.74, 6) is 1.31. The van der Waals surface area contributed by atoms with Gasteiger partial charge < -0.3 is 9.64 Å². The molecule has 1 aliphatic rings. The third-order valence-corrected chi connectivity index (χ3v) is 5.60. The number of hydrogen-bond acceptors (Lipinski definition) is 5. The van der Waals surface area contributed by atoms with Gasteiger partial charge in [0.15, 0.2) is 0 Å². The zero-order valence-corrected chi connectivity index (χ0v) is 17.7. The number of hydrogen-bond donors (Lipinski definition) is 0. The Hall–Kier alpha value is -2.99. The molecular weight excluding hydrogens is 379 g/mol. The zero-order valence-electron chi connectivity index (χ0n) is 17.7. The summed E-state index contributed by atoms with van der Waals surface area (Å²) in [4.78, 5) is 13.7. The zero-order chi connectivity index (χ0) is 21.1. The molecule has 1 fully saturated rings. The van der Waals surface area contributed by atoms with E-state index in [1.165, 1.54) is 6.07 Å². The largest absolute Gasteiger partial charge is 0.497 e. The fourth-order valence-corrected chi connectivity index (χ4v) is 4.04. The predicted octanol–water partition coefficient (Wildman–Crippen LogP) is 4.69. The molecule has 4 rings (SSSR count). The number of methoxy groups -OCH3 is 1. The van der Waals surface area contributed by atoms with E-state index in [2.05, 4.69) is 16.0 Å². The third-order valence-electron chi connectivity index (χ3n) is 5.60. The first kappa shape index (κ1) is 20.3. The summed E-state index contributed by atoms with van der Waals surface area (Å²) < 4.78 is 19.7. The van der Waals surface area contributed by atoms with Gasteiger partial charge in [-0.25, -0.2) is 14.4 Å². The molecule has 3 aromatic rings. The molecule has 0 amide bonds. The summed E-state index contributed by atoms with van der Waals surface area (Å²) in [5, 5.41) is 0. The number of anilines is 1. The van der Waals surface area contributed by atoms with Gasteiger partial charge >= 0.3 is 0 Å². The maximum absolute atomic E-state index is 14.3. The summed E-state index contributed by atoms with van der Waals surface area (Å²) >= 11 is 0. The van der Waals surface area contributed by atoms with Gasteiger partial charge in [-0.15, -0.1) is 0 Å². The Morgan fingerprint density at radius 3 is 2.77 bits per heavy atom. The molecule has 0 saturated carbocycles. The highest BCUT2D eigenvalue weighted by atomic mass is 19.1. The monoisotopic (exact) mass is 406 g/mol. The van der Waals surface area contributed by atoms with Gasteiger partial charge in [0.05, 0.1) is 18.8 Å². The standard InChI is InChI=1S/C24H27FN4O/c1-28(2)24-26-15-20(17-9-6-10-19(14-17)30-3)23(27-24)22-12-7-13-29(22)16-18-8-4-5-11-21(18)25/h4-6,8-11,14-15,22H,7,12-13,16H2,1-3H3. The topological polar surface area (TPSA) is 41.5 Å². The molecule has 2 heterocycles. The molecule has 5 nitrogen and oxygen atoms in total. The van der Waals surface area contributed by atoms with Gasteiger partial charge in [-0.05, 0) is 43.1 Å². The SMILES string of the molecule is COc1cccc(-c2cnc(N(C)C)nc2C2CCCN2Cc2ccccc2F)c1. The molecule has 1 aliphatic heterocycles. The Kier molecular flexibility index (Phi) is 5.95. The summed E-state index contributed by atoms with van der Waals surface area (Å²) in [7, 11) is 5.55. The van der Waals surface area contributed by atoms with Crippen LogP contribution in [0.15, 0.2) is 54.7 Å². The van der Waals surface area contributed by atoms with Crippen LogP contribution >= 0.6 is 0 Å². The van der Waals surface area contributed by atoms with Crippen LogP contribution in [0.25, 0.3) is 11.1 Å². The number of aromatic nitrogens is 2. The normalized spacial score (nSPS) is 16.6. The molecule has 0 radical (unpaired) electrons. The van der Waals surface area contributed by atoms with Gasteiger partial charge in [-0.3, -0.25) is 4.90 Å². The minimum Gasteiger partial charge on any atom is -0.497 e. The molecule has 2 aromatic carbocycles. The number of ether oxygens (including phenoxy) is 1. The quantitative estimate of drug-likeness (QED) is 0.594. The van der Waals surface area contributed by atoms with Crippen molar-refractivity contribution in [1.29, 1.82) is 0 Å². The molecular formula is C24H27FN4O. The summed E-state index contributed by atoms with van der Waals surface area (Å²) in [6.45, 7) is 1.48. The van der Waals surface area contributed by atoms with Crippen LogP contribution in [0.2, 0.25) is 0 Å². The van der Waals surface area contributed by atoms with Crippen LogP contribution in [-0.4, -0.2) is 42.6 Å². The molecule has 1 unspecified atom stereocenters. The van der Waals surface area contributed by atoms with Crippen molar-refractivity contribution < 1.29 is 9.13 Å². The first-order chi connectivity index (χ1) is 14.6. The van der Waals surface area contributed by atoms with Crippen LogP contribution in [-0.2, 0) is 6.54 Å². The Morgan fingerprint density at radius 2 is 2.00 bits per heavy atom. The van der Waals surface area contributed by atoms with Gasteiger partial charge in [0.1, 0.15) is 11.6 Å². The van der Waals surface area contributed by atoms with Gasteiger partial charge in [0, 0.05) is 38.0 Å². The minimum absolute atomic E-state index is 0.104. The number of halogens is 1. The van der Waals surface area contributed by atoms with Gasteiger partial charge in [-0.1, -0.05) is 30.3 Å². The lowest BCUT2D eigenvalue weighted by molar-refractivity contribution is 0.241. The lowest BCUT2D eigenvalue weighted by Crippen LogP contribution is -2.25. The van der Waals surface area contributed by atoms with Crippen molar-refractivity contribution in [3.63, 3.8) is 0 Å². The molecule has 156 valence electrons. The van der Waals surface area contributed by atoms with Crippen LogP contribution < -0.4 is 9.64 Å². The Bertz CT molecular complexity index is 1020. The number of benzene rings is 2. The molecule has 1 atom stereocenters. The first-order valence-electron chi connectivity index (χ1n) is 10.2. The Morgan fingerprint density at radius 1 is 1.17 bits per heavy atom. The van der Waals surface area contributed by atoms with Gasteiger partial charge in [-0.2, -0.15) is 0 Å². The highest BCUT2D eigenvalue weighted by Crippen LogP contribution is 2.38. The van der Waals surface area contributed by atoms with E-state index in [1.807, 2.05) is 55.5 Å². The lowest BCUT2D eigenvalue weighted by atomic mass is 9.99. The third kappa shape index (κ3) is 4.14. The van der Waals surface area contributed by atoms with E-state index in [1.54, 1.807) is 13.2 Å². The average molecular weight is 407 g/mol. The first-order valence-corrected chi connectivity index (χ1v) is 10.2. The Labute approximate surface area is 177 Å². The molecule has 30 heavy (non-hydrogen) atoms. The van der Waals surface area contributed by atoms with Crippen molar-refractivity contribution in [2.24, 2.45) is 0 Å². The summed E-state index contributed by atoms with van der Waals surface area (Å²) in [5.41, 5.74) is 3.71. The van der Waals surface area contributed by atoms with Crippen molar-refractivity contribution >= 4 is 5.95 Å². The smallest absolute Gasteiger partial charge is 0.225 e. The summed E-state index contributed by atoms with van der Waals surface area (Å²) in [6.07, 6.45) is 3.93. The average Bonchev–Trinajstić information content (AvgIpc) is 3.23. The van der Waals surface area contributed by atoms with E-state index < -0.39 is 0 Å². The second-order valence-corrected chi connectivity index (χ2v) is 7.82. The molecule has 1 saturated heterocycles. The van der Waals surface area contributed by atoms with Crippen molar-refractivity contribution in [3.05, 3.63) is 71.8 Å². The van der Waals surface area contributed by atoms with Crippen molar-refractivity contribution in [1.82, 2.24) is 14.9 Å². The summed E-state index contributed by atoms with van der Waals surface area (Å²) in [6, 6.07) is 15.1. The Balaban J connectivity index is 1.75. The van der Waals surface area contributed by atoms with Gasteiger partial charge in [0.25, 0.3) is 0 Å². The van der Waals surface area contributed by atoms with Gasteiger partial charge in [0.2, 0.25) is 5.95 Å². The molecule has 6 heteroatoms. The van der Waals surface area contributed by atoms with E-state index in [0.717, 1.165) is 42.0 Å². The molecule has 0 spiro atoms. The van der Waals surface area contributed by atoms with Crippen molar-refractivity contribution in [3.8, 4) is 16.9 Å². The maximum Gasteiger partial charge on any atom is 0.225 e. The van der Waals surface area contributed by atoms with Crippen LogP contribution in [0.3, 0.4) is 0 Å². The fourth-order valence-electron chi connectivity index (χ4n) is 4.04. The number of rotatable bonds is 6. The fraction of sp³-hybridized carbons (Fsp3) is 0.333. The molecule has 0 aliphatic carbocycles. The van der Waals surface area contributed by atoms with E-state index in [9.17, 15) is 4.39 Å². The van der Waals surface area contributed by atoms with Crippen molar-refractivity contribution in [2.45, 2.75) is 25.4 Å². The molecule has 1 aromatic heterocycles. The van der Waals surface area contributed by atoms with E-state index in [0.29, 0.717) is 18.1 Å².